The van der Waals surface area contributed by atoms with Crippen LogP contribution in [0, 0.1) is 0 Å². The van der Waals surface area contributed by atoms with Gasteiger partial charge in [0.1, 0.15) is 5.75 Å². The summed E-state index contributed by atoms with van der Waals surface area (Å²) in [6.07, 6.45) is -1.85. The van der Waals surface area contributed by atoms with Gasteiger partial charge in [-0.05, 0) is 6.07 Å². The smallest absolute Gasteiger partial charge is 0.260 e. The lowest BCUT2D eigenvalue weighted by atomic mass is 10.3. The molecule has 1 aromatic carbocycles. The van der Waals surface area contributed by atoms with Gasteiger partial charge in [0.25, 0.3) is 5.91 Å². The topological polar surface area (TPSA) is 70.0 Å². The Labute approximate surface area is 130 Å². The molecule has 1 amide bonds. The van der Waals surface area contributed by atoms with Crippen molar-refractivity contribution in [2.45, 2.75) is 12.2 Å². The third-order valence-corrected chi connectivity index (χ3v) is 3.96. The fourth-order valence-corrected chi connectivity index (χ4v) is 2.41. The number of amides is 1. The van der Waals surface area contributed by atoms with Gasteiger partial charge in [0.05, 0.1) is 27.3 Å². The number of benzene rings is 1. The lowest BCUT2D eigenvalue weighted by Crippen LogP contribution is -2.34. The van der Waals surface area contributed by atoms with Gasteiger partial charge in [-0.1, -0.05) is 34.8 Å². The molecule has 0 spiro atoms. The minimum absolute atomic E-state index is 0.0818. The van der Waals surface area contributed by atoms with Crippen molar-refractivity contribution in [3.05, 3.63) is 27.2 Å². The summed E-state index contributed by atoms with van der Waals surface area (Å²) in [7, 11) is 0. The molecule has 5 nitrogen and oxygen atoms in total. The Balaban J connectivity index is 1.96. The van der Waals surface area contributed by atoms with Gasteiger partial charge < -0.3 is 19.8 Å². The first-order valence-corrected chi connectivity index (χ1v) is 6.93. The quantitative estimate of drug-likeness (QED) is 0.820. The van der Waals surface area contributed by atoms with Crippen molar-refractivity contribution in [1.82, 2.24) is 4.90 Å². The first-order valence-electron chi connectivity index (χ1n) is 5.79. The second kappa shape index (κ2) is 6.37. The summed E-state index contributed by atoms with van der Waals surface area (Å²) in [5.41, 5.74) is 0. The number of hydrogen-bond donors (Lipinski definition) is 2. The summed E-state index contributed by atoms with van der Waals surface area (Å²) in [6.45, 7) is -0.103. The van der Waals surface area contributed by atoms with E-state index >= 15 is 0 Å². The van der Waals surface area contributed by atoms with Crippen LogP contribution in [0.15, 0.2) is 12.1 Å². The Morgan fingerprint density at radius 3 is 2.30 bits per heavy atom. The number of nitrogens with zero attached hydrogens (tertiary/aromatic N) is 1. The number of ether oxygens (including phenoxy) is 1. The van der Waals surface area contributed by atoms with Crippen LogP contribution >= 0.6 is 34.8 Å². The molecule has 8 heteroatoms. The summed E-state index contributed by atoms with van der Waals surface area (Å²) in [5, 5.41) is 19.6. The fraction of sp³-hybridized carbons (Fsp3) is 0.417. The number of aliphatic hydroxyl groups is 2. The van der Waals surface area contributed by atoms with E-state index in [1.165, 1.54) is 17.0 Å². The van der Waals surface area contributed by atoms with Gasteiger partial charge in [-0.3, -0.25) is 4.79 Å². The molecular formula is C12H12Cl3NO4. The van der Waals surface area contributed by atoms with E-state index in [9.17, 15) is 15.0 Å². The highest BCUT2D eigenvalue weighted by Gasteiger charge is 2.32. The Kier molecular flexibility index (Phi) is 4.99. The summed E-state index contributed by atoms with van der Waals surface area (Å²) in [5.74, 6) is -0.113. The van der Waals surface area contributed by atoms with Crippen molar-refractivity contribution in [2.75, 3.05) is 19.7 Å². The molecule has 1 fully saturated rings. The Bertz CT molecular complexity index is 516. The molecule has 0 bridgehead atoms. The molecular weight excluding hydrogens is 328 g/mol. The van der Waals surface area contributed by atoms with Crippen LogP contribution in [0.1, 0.15) is 0 Å². The van der Waals surface area contributed by atoms with E-state index in [1.54, 1.807) is 0 Å². The van der Waals surface area contributed by atoms with Crippen molar-refractivity contribution < 1.29 is 19.7 Å². The molecule has 0 aromatic heterocycles. The fourth-order valence-electron chi connectivity index (χ4n) is 1.82. The summed E-state index contributed by atoms with van der Waals surface area (Å²) < 4.78 is 5.29. The van der Waals surface area contributed by atoms with Gasteiger partial charge in [0.15, 0.2) is 6.61 Å². The monoisotopic (exact) mass is 339 g/mol. The summed E-state index contributed by atoms with van der Waals surface area (Å²) in [4.78, 5) is 13.2. The van der Waals surface area contributed by atoms with E-state index in [0.29, 0.717) is 5.02 Å². The Morgan fingerprint density at radius 2 is 1.70 bits per heavy atom. The lowest BCUT2D eigenvalue weighted by Gasteiger charge is -2.16. The molecule has 2 rings (SSSR count). The van der Waals surface area contributed by atoms with E-state index in [-0.39, 0.29) is 41.4 Å². The van der Waals surface area contributed by atoms with E-state index in [0.717, 1.165) is 0 Å². The minimum atomic E-state index is -0.924. The predicted octanol–water partition coefficient (Wildman–Crippen LogP) is 1.59. The van der Waals surface area contributed by atoms with Crippen LogP contribution < -0.4 is 4.74 Å². The second-order valence-electron chi connectivity index (χ2n) is 4.42. The van der Waals surface area contributed by atoms with Crippen molar-refractivity contribution in [3.63, 3.8) is 0 Å². The van der Waals surface area contributed by atoms with Crippen molar-refractivity contribution in [3.8, 4) is 5.75 Å². The number of likely N-dealkylation sites (tertiary alicyclic amines) is 1. The number of carbonyl (C=O) groups is 1. The van der Waals surface area contributed by atoms with E-state index < -0.39 is 12.2 Å². The van der Waals surface area contributed by atoms with Gasteiger partial charge >= 0.3 is 0 Å². The van der Waals surface area contributed by atoms with Crippen molar-refractivity contribution in [2.24, 2.45) is 0 Å². The normalized spacial score (nSPS) is 22.1. The van der Waals surface area contributed by atoms with Gasteiger partial charge in [-0.2, -0.15) is 0 Å². The van der Waals surface area contributed by atoms with E-state index in [2.05, 4.69) is 0 Å². The average Bonchev–Trinajstić information content (AvgIpc) is 2.72. The van der Waals surface area contributed by atoms with E-state index in [1.807, 2.05) is 0 Å². The predicted molar refractivity (Wildman–Crippen MR) is 75.6 cm³/mol. The number of hydrogen-bond acceptors (Lipinski definition) is 4. The highest BCUT2D eigenvalue weighted by molar-refractivity contribution is 6.43. The number of aliphatic hydroxyl groups excluding tert-OH is 2. The van der Waals surface area contributed by atoms with Crippen LogP contribution in [-0.2, 0) is 4.79 Å². The van der Waals surface area contributed by atoms with Crippen LogP contribution in [0.4, 0.5) is 0 Å². The molecule has 2 atom stereocenters. The SMILES string of the molecule is O=C(COc1cc(Cl)c(Cl)cc1Cl)N1C[C@@H](O)[C@@H](O)C1. The molecule has 1 aliphatic rings. The van der Waals surface area contributed by atoms with Crippen molar-refractivity contribution >= 4 is 40.7 Å². The van der Waals surface area contributed by atoms with Crippen LogP contribution in [0.25, 0.3) is 0 Å². The number of β-amino-alcohol motifs (C(OH)–C–C–N with tert-alkyl or cyclic N) is 2. The number of halogens is 3. The first-order chi connectivity index (χ1) is 9.38. The maximum absolute atomic E-state index is 11.8. The maximum Gasteiger partial charge on any atom is 0.260 e. The van der Waals surface area contributed by atoms with Gasteiger partial charge in [0, 0.05) is 19.2 Å². The third kappa shape index (κ3) is 3.48. The van der Waals surface area contributed by atoms with Crippen molar-refractivity contribution in [1.29, 1.82) is 0 Å². The Morgan fingerprint density at radius 1 is 1.15 bits per heavy atom. The maximum atomic E-state index is 11.8. The molecule has 1 aromatic rings. The van der Waals surface area contributed by atoms with Crippen LogP contribution in [0.3, 0.4) is 0 Å². The highest BCUT2D eigenvalue weighted by Crippen LogP contribution is 2.33. The van der Waals surface area contributed by atoms with Crippen LogP contribution in [-0.4, -0.2) is 52.9 Å². The molecule has 20 heavy (non-hydrogen) atoms. The molecule has 0 saturated carbocycles. The largest absolute Gasteiger partial charge is 0.482 e. The highest BCUT2D eigenvalue weighted by atomic mass is 35.5. The zero-order valence-corrected chi connectivity index (χ0v) is 12.5. The van der Waals surface area contributed by atoms with Crippen LogP contribution in [0.5, 0.6) is 5.75 Å². The van der Waals surface area contributed by atoms with E-state index in [4.69, 9.17) is 39.5 Å². The molecule has 0 unspecified atom stereocenters. The molecule has 2 N–H and O–H groups in total. The van der Waals surface area contributed by atoms with Crippen LogP contribution in [0.2, 0.25) is 15.1 Å². The molecule has 0 radical (unpaired) electrons. The zero-order valence-electron chi connectivity index (χ0n) is 10.2. The Hall–Kier alpha value is -0.720. The molecule has 110 valence electrons. The van der Waals surface area contributed by atoms with Gasteiger partial charge in [-0.25, -0.2) is 0 Å². The number of carbonyl (C=O) groups excluding carboxylic acids is 1. The number of rotatable bonds is 3. The zero-order chi connectivity index (χ0) is 14.9. The first kappa shape index (κ1) is 15.7. The lowest BCUT2D eigenvalue weighted by molar-refractivity contribution is -0.132. The summed E-state index contributed by atoms with van der Waals surface area (Å²) in [6, 6.07) is 2.85. The molecule has 0 aliphatic carbocycles. The standard InChI is InChI=1S/C12H12Cl3NO4/c13-6-1-8(15)11(2-7(6)14)20-5-12(19)16-3-9(17)10(18)4-16/h1-2,9-10,17-18H,3-5H2/t9-,10+. The second-order valence-corrected chi connectivity index (χ2v) is 5.64. The summed E-state index contributed by atoms with van der Waals surface area (Å²) >= 11 is 17.5. The molecule has 1 heterocycles. The molecule has 1 saturated heterocycles. The average molecular weight is 341 g/mol. The van der Waals surface area contributed by atoms with Gasteiger partial charge in [0.2, 0.25) is 0 Å². The third-order valence-electron chi connectivity index (χ3n) is 2.94. The van der Waals surface area contributed by atoms with Gasteiger partial charge in [-0.15, -0.1) is 0 Å². The molecule has 1 aliphatic heterocycles. The minimum Gasteiger partial charge on any atom is -0.482 e.